The molecule has 0 amide bonds. The van der Waals surface area contributed by atoms with Crippen LogP contribution in [0.2, 0.25) is 0 Å². The molecule has 13 heavy (non-hydrogen) atoms. The van der Waals surface area contributed by atoms with Crippen LogP contribution in [0.4, 0.5) is 8.78 Å². The number of carboxylic acid groups (broad SMARTS) is 1. The third-order valence-electron chi connectivity index (χ3n) is 1.35. The number of rotatable bonds is 6. The fourth-order valence-corrected chi connectivity index (χ4v) is 0.700. The van der Waals surface area contributed by atoms with Crippen LogP contribution >= 0.6 is 0 Å². The fourth-order valence-electron chi connectivity index (χ4n) is 0.700. The zero-order valence-corrected chi connectivity index (χ0v) is 7.30. The smallest absolute Gasteiger partial charge is 0.331 e. The first-order valence-corrected chi connectivity index (χ1v) is 3.86. The van der Waals surface area contributed by atoms with Crippen molar-refractivity contribution in [3.05, 3.63) is 11.6 Å². The largest absolute Gasteiger partial charge is 0.478 e. The van der Waals surface area contributed by atoms with E-state index in [0.717, 1.165) is 0 Å². The molecule has 0 saturated heterocycles. The minimum atomic E-state index is -2.51. The first kappa shape index (κ1) is 12.0. The molecule has 0 aliphatic carbocycles. The third kappa shape index (κ3) is 6.21. The monoisotopic (exact) mass is 194 g/mol. The Balaban J connectivity index is 3.74. The van der Waals surface area contributed by atoms with Gasteiger partial charge in [-0.1, -0.05) is 6.92 Å². The summed E-state index contributed by atoms with van der Waals surface area (Å²) in [5, 5.41) is 8.51. The van der Waals surface area contributed by atoms with Gasteiger partial charge in [0.2, 0.25) is 0 Å². The molecule has 0 aliphatic heterocycles. The van der Waals surface area contributed by atoms with Crippen molar-refractivity contribution < 1.29 is 23.4 Å². The summed E-state index contributed by atoms with van der Waals surface area (Å²) in [4.78, 5) is 10.4. The second-order valence-corrected chi connectivity index (χ2v) is 2.32. The number of carbonyl (C=O) groups is 1. The summed E-state index contributed by atoms with van der Waals surface area (Å²) in [7, 11) is 0. The zero-order chi connectivity index (χ0) is 10.3. The number of halogens is 2. The van der Waals surface area contributed by atoms with E-state index in [1.807, 2.05) is 0 Å². The summed E-state index contributed by atoms with van der Waals surface area (Å²) >= 11 is 0. The Labute approximate surface area is 75.0 Å². The maximum Gasteiger partial charge on any atom is 0.331 e. The Morgan fingerprint density at radius 1 is 1.62 bits per heavy atom. The lowest BCUT2D eigenvalue weighted by Gasteiger charge is -2.00. The molecule has 0 spiro atoms. The number of alkyl halides is 2. The quantitative estimate of drug-likeness (QED) is 0.517. The van der Waals surface area contributed by atoms with Gasteiger partial charge in [-0.3, -0.25) is 0 Å². The van der Waals surface area contributed by atoms with Crippen molar-refractivity contribution in [3.8, 4) is 0 Å². The van der Waals surface area contributed by atoms with E-state index in [-0.39, 0.29) is 12.2 Å². The SMILES string of the molecule is CCC(=CCOCC(F)F)C(=O)O. The van der Waals surface area contributed by atoms with E-state index in [1.165, 1.54) is 6.08 Å². The van der Waals surface area contributed by atoms with Crippen molar-refractivity contribution in [1.29, 1.82) is 0 Å². The van der Waals surface area contributed by atoms with Crippen LogP contribution in [0.1, 0.15) is 13.3 Å². The van der Waals surface area contributed by atoms with Crippen molar-refractivity contribution in [2.24, 2.45) is 0 Å². The third-order valence-corrected chi connectivity index (χ3v) is 1.35. The Hall–Kier alpha value is -0.970. The molecule has 0 bridgehead atoms. The maximum atomic E-state index is 11.5. The minimum Gasteiger partial charge on any atom is -0.478 e. The second kappa shape index (κ2) is 6.54. The summed E-state index contributed by atoms with van der Waals surface area (Å²) in [5.41, 5.74) is 0.175. The number of hydrogen-bond donors (Lipinski definition) is 1. The molecule has 0 aromatic rings. The predicted molar refractivity (Wildman–Crippen MR) is 42.8 cm³/mol. The second-order valence-electron chi connectivity index (χ2n) is 2.32. The van der Waals surface area contributed by atoms with Crippen LogP contribution in [0.25, 0.3) is 0 Å². The highest BCUT2D eigenvalue weighted by atomic mass is 19.3. The molecule has 0 aromatic carbocycles. The molecule has 0 radical (unpaired) electrons. The van der Waals surface area contributed by atoms with Gasteiger partial charge in [-0.25, -0.2) is 13.6 Å². The van der Waals surface area contributed by atoms with Crippen LogP contribution in [0.5, 0.6) is 0 Å². The van der Waals surface area contributed by atoms with Crippen LogP contribution < -0.4 is 0 Å². The molecule has 0 fully saturated rings. The van der Waals surface area contributed by atoms with Gasteiger partial charge in [0.05, 0.1) is 6.61 Å². The lowest BCUT2D eigenvalue weighted by molar-refractivity contribution is -0.132. The Kier molecular flexibility index (Phi) is 6.05. The summed E-state index contributed by atoms with van der Waals surface area (Å²) in [5.74, 6) is -1.04. The van der Waals surface area contributed by atoms with Gasteiger partial charge in [0.1, 0.15) is 6.61 Å². The van der Waals surface area contributed by atoms with E-state index in [1.54, 1.807) is 6.92 Å². The molecule has 3 nitrogen and oxygen atoms in total. The van der Waals surface area contributed by atoms with Gasteiger partial charge in [0, 0.05) is 5.57 Å². The van der Waals surface area contributed by atoms with Gasteiger partial charge in [-0.15, -0.1) is 0 Å². The Morgan fingerprint density at radius 3 is 2.62 bits per heavy atom. The van der Waals surface area contributed by atoms with Crippen molar-refractivity contribution in [2.75, 3.05) is 13.2 Å². The first-order chi connectivity index (χ1) is 6.07. The lowest BCUT2D eigenvalue weighted by atomic mass is 10.2. The highest BCUT2D eigenvalue weighted by molar-refractivity contribution is 5.86. The zero-order valence-electron chi connectivity index (χ0n) is 7.30. The van der Waals surface area contributed by atoms with E-state index < -0.39 is 19.0 Å². The standard InChI is InChI=1S/C8H12F2O3/c1-2-6(8(11)12)3-4-13-5-7(9)10/h3,7H,2,4-5H2,1H3,(H,11,12). The van der Waals surface area contributed by atoms with Gasteiger partial charge in [0.25, 0.3) is 6.43 Å². The Morgan fingerprint density at radius 2 is 2.23 bits per heavy atom. The first-order valence-electron chi connectivity index (χ1n) is 3.86. The number of aliphatic carboxylic acids is 1. The van der Waals surface area contributed by atoms with Crippen molar-refractivity contribution in [3.63, 3.8) is 0 Å². The van der Waals surface area contributed by atoms with E-state index in [9.17, 15) is 13.6 Å². The van der Waals surface area contributed by atoms with E-state index in [0.29, 0.717) is 6.42 Å². The molecule has 0 aliphatic rings. The van der Waals surface area contributed by atoms with Gasteiger partial charge in [-0.05, 0) is 12.5 Å². The highest BCUT2D eigenvalue weighted by Crippen LogP contribution is 2.00. The van der Waals surface area contributed by atoms with Gasteiger partial charge in [-0.2, -0.15) is 0 Å². The summed E-state index contributed by atoms with van der Waals surface area (Å²) in [6.07, 6.45) is -0.860. The molecule has 0 heterocycles. The topological polar surface area (TPSA) is 46.5 Å². The number of carboxylic acids is 1. The Bertz CT molecular complexity index is 190. The van der Waals surface area contributed by atoms with Crippen molar-refractivity contribution in [2.45, 2.75) is 19.8 Å². The van der Waals surface area contributed by atoms with Crippen molar-refractivity contribution >= 4 is 5.97 Å². The molecule has 76 valence electrons. The molecule has 0 atom stereocenters. The molecule has 0 saturated carbocycles. The van der Waals surface area contributed by atoms with E-state index in [4.69, 9.17) is 5.11 Å². The molecular formula is C8H12F2O3. The minimum absolute atomic E-state index is 0.0835. The van der Waals surface area contributed by atoms with Gasteiger partial charge in [0.15, 0.2) is 0 Å². The van der Waals surface area contributed by atoms with Gasteiger partial charge < -0.3 is 9.84 Å². The molecule has 0 unspecified atom stereocenters. The van der Waals surface area contributed by atoms with Crippen LogP contribution in [-0.4, -0.2) is 30.7 Å². The summed E-state index contributed by atoms with van der Waals surface area (Å²) in [6, 6.07) is 0. The fraction of sp³-hybridized carbons (Fsp3) is 0.625. The van der Waals surface area contributed by atoms with Crippen LogP contribution in [0, 0.1) is 0 Å². The van der Waals surface area contributed by atoms with Gasteiger partial charge >= 0.3 is 5.97 Å². The maximum absolute atomic E-state index is 11.5. The molecule has 5 heteroatoms. The molecule has 1 N–H and O–H groups in total. The predicted octanol–water partition coefficient (Wildman–Crippen LogP) is 1.69. The van der Waals surface area contributed by atoms with Crippen LogP contribution in [0.3, 0.4) is 0 Å². The van der Waals surface area contributed by atoms with Crippen molar-refractivity contribution in [1.82, 2.24) is 0 Å². The average Bonchev–Trinajstić information content (AvgIpc) is 2.03. The molecule has 0 rings (SSSR count). The molecular weight excluding hydrogens is 182 g/mol. The summed E-state index contributed by atoms with van der Waals surface area (Å²) in [6.45, 7) is 0.931. The normalized spacial score (nSPS) is 12.2. The van der Waals surface area contributed by atoms with Crippen LogP contribution in [-0.2, 0) is 9.53 Å². The van der Waals surface area contributed by atoms with E-state index >= 15 is 0 Å². The number of ether oxygens (including phenoxy) is 1. The van der Waals surface area contributed by atoms with Crippen LogP contribution in [0.15, 0.2) is 11.6 Å². The van der Waals surface area contributed by atoms with E-state index in [2.05, 4.69) is 4.74 Å². The number of hydrogen-bond acceptors (Lipinski definition) is 2. The lowest BCUT2D eigenvalue weighted by Crippen LogP contribution is -2.06. The summed E-state index contributed by atoms with van der Waals surface area (Å²) < 4.78 is 27.6. The highest BCUT2D eigenvalue weighted by Gasteiger charge is 2.04. The molecule has 0 aromatic heterocycles. The average molecular weight is 194 g/mol.